The lowest BCUT2D eigenvalue weighted by molar-refractivity contribution is -0.933. The van der Waals surface area contributed by atoms with Crippen LogP contribution in [0.2, 0.25) is 5.02 Å². The molecule has 3 rings (SSSR count). The zero-order chi connectivity index (χ0) is 20.3. The molecular formula is C22H28ClN2O3+. The largest absolute Gasteiger partial charge is 0.493 e. The van der Waals surface area contributed by atoms with Crippen LogP contribution in [0.4, 0.5) is 0 Å². The van der Waals surface area contributed by atoms with E-state index in [4.69, 9.17) is 21.1 Å². The molecule has 0 aromatic heterocycles. The lowest BCUT2D eigenvalue weighted by Gasteiger charge is -2.37. The van der Waals surface area contributed by atoms with Gasteiger partial charge in [-0.15, -0.1) is 0 Å². The lowest BCUT2D eigenvalue weighted by Crippen LogP contribution is -3.14. The molecule has 2 aromatic rings. The van der Waals surface area contributed by atoms with Crippen molar-refractivity contribution < 1.29 is 19.2 Å². The Morgan fingerprint density at radius 1 is 1.25 bits per heavy atom. The predicted molar refractivity (Wildman–Crippen MR) is 111 cm³/mol. The molecule has 28 heavy (non-hydrogen) atoms. The fourth-order valence-corrected chi connectivity index (χ4v) is 4.33. The van der Waals surface area contributed by atoms with Gasteiger partial charge in [0, 0.05) is 22.6 Å². The molecule has 6 heteroatoms. The Kier molecular flexibility index (Phi) is 6.47. The van der Waals surface area contributed by atoms with Gasteiger partial charge < -0.3 is 19.7 Å². The molecule has 2 aromatic carbocycles. The Labute approximate surface area is 171 Å². The van der Waals surface area contributed by atoms with Gasteiger partial charge in [-0.25, -0.2) is 0 Å². The number of rotatable bonds is 6. The average molecular weight is 404 g/mol. The van der Waals surface area contributed by atoms with Crippen molar-refractivity contribution in [2.24, 2.45) is 0 Å². The molecule has 3 atom stereocenters. The Bertz CT molecular complexity index is 856. The van der Waals surface area contributed by atoms with Crippen LogP contribution >= 0.6 is 11.6 Å². The second-order valence-electron chi connectivity index (χ2n) is 7.17. The number of fused-ring (bicyclic) bond motifs is 1. The standard InChI is InChI=1S/C22H27ClN2O3/c1-5-25-10-9-15-12-19(27-3)20(28-4)13-18(15)21(25)14(2)24-22(26)16-7-6-8-17(23)11-16/h6-8,11-14,21H,5,9-10H2,1-4H3,(H,24,26)/p+1/t14-,21-/m1/s1. The van der Waals surface area contributed by atoms with Gasteiger partial charge in [-0.1, -0.05) is 17.7 Å². The fourth-order valence-electron chi connectivity index (χ4n) is 4.14. The zero-order valence-corrected chi connectivity index (χ0v) is 17.6. The molecule has 2 N–H and O–H groups in total. The van der Waals surface area contributed by atoms with E-state index in [-0.39, 0.29) is 18.0 Å². The first-order valence-corrected chi connectivity index (χ1v) is 10.0. The molecule has 0 spiro atoms. The van der Waals surface area contributed by atoms with E-state index < -0.39 is 0 Å². The first-order chi connectivity index (χ1) is 13.5. The minimum Gasteiger partial charge on any atom is -0.493 e. The SMILES string of the molecule is CC[NH+]1CCc2cc(OC)c(OC)cc2[C@H]1[C@@H](C)NC(=O)c1cccc(Cl)c1. The third kappa shape index (κ3) is 4.10. The minimum absolute atomic E-state index is 0.0569. The molecule has 0 saturated carbocycles. The number of hydrogen-bond donors (Lipinski definition) is 2. The van der Waals surface area contributed by atoms with Gasteiger partial charge >= 0.3 is 0 Å². The highest BCUT2D eigenvalue weighted by atomic mass is 35.5. The van der Waals surface area contributed by atoms with Crippen molar-refractivity contribution in [2.75, 3.05) is 27.3 Å². The van der Waals surface area contributed by atoms with Crippen LogP contribution in [0, 0.1) is 0 Å². The zero-order valence-electron chi connectivity index (χ0n) is 16.8. The summed E-state index contributed by atoms with van der Waals surface area (Å²) in [6, 6.07) is 11.2. The van der Waals surface area contributed by atoms with Crippen LogP contribution in [0.3, 0.4) is 0 Å². The van der Waals surface area contributed by atoms with Gasteiger partial charge in [0.1, 0.15) is 6.04 Å². The van der Waals surface area contributed by atoms with Crippen LogP contribution in [0.1, 0.15) is 41.4 Å². The maximum atomic E-state index is 12.8. The van der Waals surface area contributed by atoms with Gasteiger partial charge in [0.2, 0.25) is 0 Å². The number of quaternary nitrogens is 1. The molecular weight excluding hydrogens is 376 g/mol. The summed E-state index contributed by atoms with van der Waals surface area (Å²) in [5, 5.41) is 3.73. The smallest absolute Gasteiger partial charge is 0.251 e. The van der Waals surface area contributed by atoms with Gasteiger partial charge in [0.25, 0.3) is 5.91 Å². The van der Waals surface area contributed by atoms with Crippen molar-refractivity contribution in [1.82, 2.24) is 5.32 Å². The summed E-state index contributed by atoms with van der Waals surface area (Å²) in [5.74, 6) is 1.35. The van der Waals surface area contributed by atoms with E-state index >= 15 is 0 Å². The Balaban J connectivity index is 1.91. The number of carbonyl (C=O) groups is 1. The summed E-state index contributed by atoms with van der Waals surface area (Å²) < 4.78 is 11.0. The maximum absolute atomic E-state index is 12.8. The number of hydrogen-bond acceptors (Lipinski definition) is 3. The van der Waals surface area contributed by atoms with Gasteiger partial charge in [-0.3, -0.25) is 4.79 Å². The van der Waals surface area contributed by atoms with Crippen molar-refractivity contribution >= 4 is 17.5 Å². The van der Waals surface area contributed by atoms with E-state index in [9.17, 15) is 4.79 Å². The van der Waals surface area contributed by atoms with E-state index in [1.807, 2.05) is 0 Å². The molecule has 1 aliphatic rings. The number of ether oxygens (including phenoxy) is 2. The minimum atomic E-state index is -0.113. The predicted octanol–water partition coefficient (Wildman–Crippen LogP) is 2.68. The van der Waals surface area contributed by atoms with Gasteiger partial charge in [-0.05, 0) is 49.7 Å². The molecule has 0 saturated heterocycles. The highest BCUT2D eigenvalue weighted by Crippen LogP contribution is 2.35. The lowest BCUT2D eigenvalue weighted by atomic mass is 9.88. The second kappa shape index (κ2) is 8.84. The van der Waals surface area contributed by atoms with Crippen molar-refractivity contribution in [3.05, 3.63) is 58.1 Å². The number of methoxy groups -OCH3 is 2. The highest BCUT2D eigenvalue weighted by Gasteiger charge is 2.36. The van der Waals surface area contributed by atoms with Crippen molar-refractivity contribution in [1.29, 1.82) is 0 Å². The molecule has 5 nitrogen and oxygen atoms in total. The molecule has 0 aliphatic carbocycles. The third-order valence-electron chi connectivity index (χ3n) is 5.54. The second-order valence-corrected chi connectivity index (χ2v) is 7.60. The number of likely N-dealkylation sites (N-methyl/N-ethyl adjacent to an activating group) is 1. The molecule has 1 unspecified atom stereocenters. The number of benzene rings is 2. The topological polar surface area (TPSA) is 52.0 Å². The van der Waals surface area contributed by atoms with Crippen LogP contribution in [0.15, 0.2) is 36.4 Å². The highest BCUT2D eigenvalue weighted by molar-refractivity contribution is 6.30. The van der Waals surface area contributed by atoms with E-state index in [0.717, 1.165) is 31.0 Å². The quantitative estimate of drug-likeness (QED) is 0.779. The number of halogens is 1. The molecule has 0 bridgehead atoms. The van der Waals surface area contributed by atoms with Gasteiger partial charge in [0.05, 0.1) is 33.4 Å². The maximum Gasteiger partial charge on any atom is 0.251 e. The average Bonchev–Trinajstić information content (AvgIpc) is 2.71. The van der Waals surface area contributed by atoms with Crippen LogP contribution in [0.25, 0.3) is 0 Å². The van der Waals surface area contributed by atoms with E-state index in [0.29, 0.717) is 10.6 Å². The van der Waals surface area contributed by atoms with Gasteiger partial charge in [-0.2, -0.15) is 0 Å². The summed E-state index contributed by atoms with van der Waals surface area (Å²) in [5.41, 5.74) is 3.03. The first kappa shape index (κ1) is 20.5. The monoisotopic (exact) mass is 403 g/mol. The van der Waals surface area contributed by atoms with Crippen LogP contribution < -0.4 is 19.7 Å². The van der Waals surface area contributed by atoms with Crippen molar-refractivity contribution in [3.8, 4) is 11.5 Å². The van der Waals surface area contributed by atoms with Crippen LogP contribution in [0.5, 0.6) is 11.5 Å². The first-order valence-electron chi connectivity index (χ1n) is 9.64. The summed E-state index contributed by atoms with van der Waals surface area (Å²) in [6.07, 6.45) is 0.977. The van der Waals surface area contributed by atoms with Crippen molar-refractivity contribution in [2.45, 2.75) is 32.4 Å². The number of nitrogens with one attached hydrogen (secondary N) is 2. The molecule has 0 radical (unpaired) electrons. The fraction of sp³-hybridized carbons (Fsp3) is 0.409. The number of carbonyl (C=O) groups excluding carboxylic acids is 1. The van der Waals surface area contributed by atoms with E-state index in [2.05, 4.69) is 31.3 Å². The third-order valence-corrected chi connectivity index (χ3v) is 5.77. The normalized spacial score (nSPS) is 19.5. The summed E-state index contributed by atoms with van der Waals surface area (Å²) in [7, 11) is 3.30. The Hall–Kier alpha value is -2.24. The van der Waals surface area contributed by atoms with E-state index in [1.165, 1.54) is 16.0 Å². The molecule has 1 amide bonds. The Morgan fingerprint density at radius 2 is 1.96 bits per heavy atom. The van der Waals surface area contributed by atoms with Gasteiger partial charge in [0.15, 0.2) is 11.5 Å². The van der Waals surface area contributed by atoms with Crippen LogP contribution in [-0.2, 0) is 6.42 Å². The summed E-state index contributed by atoms with van der Waals surface area (Å²) >= 11 is 6.04. The summed E-state index contributed by atoms with van der Waals surface area (Å²) in [6.45, 7) is 6.24. The van der Waals surface area contributed by atoms with Crippen LogP contribution in [-0.4, -0.2) is 39.3 Å². The molecule has 150 valence electrons. The Morgan fingerprint density at radius 3 is 2.61 bits per heavy atom. The molecule has 1 heterocycles. The molecule has 0 fully saturated rings. The van der Waals surface area contributed by atoms with E-state index in [1.54, 1.807) is 38.5 Å². The van der Waals surface area contributed by atoms with Crippen molar-refractivity contribution in [3.63, 3.8) is 0 Å². The summed E-state index contributed by atoms with van der Waals surface area (Å²) in [4.78, 5) is 14.2. The number of amides is 1. The molecule has 1 aliphatic heterocycles.